The molecule has 1 saturated carbocycles. The summed E-state index contributed by atoms with van der Waals surface area (Å²) in [7, 11) is 0. The Balaban J connectivity index is 1.32. The van der Waals surface area contributed by atoms with Gasteiger partial charge in [0, 0.05) is 24.8 Å². The molecule has 2 heterocycles. The molecule has 9 nitrogen and oxygen atoms in total. The SMILES string of the molecule is O=C(N[C@@H]1CC[C@@H](C(=O)CCc2nc3ccccc3s2)C1)c1[nH]c(=O)[nH]c(=O)c1O. The minimum atomic E-state index is -1.03. The van der Waals surface area contributed by atoms with Crippen LogP contribution in [0.1, 0.15) is 41.2 Å². The van der Waals surface area contributed by atoms with Gasteiger partial charge < -0.3 is 10.4 Å². The average molecular weight is 428 g/mol. The summed E-state index contributed by atoms with van der Waals surface area (Å²) in [6.45, 7) is 0. The van der Waals surface area contributed by atoms with E-state index in [2.05, 4.69) is 15.3 Å². The Hall–Kier alpha value is -3.27. The van der Waals surface area contributed by atoms with E-state index in [0.717, 1.165) is 15.2 Å². The number of para-hydroxylation sites is 1. The number of aromatic amines is 2. The summed E-state index contributed by atoms with van der Waals surface area (Å²) in [5.41, 5.74) is -1.44. The van der Waals surface area contributed by atoms with Crippen molar-refractivity contribution in [3.05, 3.63) is 55.8 Å². The fourth-order valence-corrected chi connectivity index (χ4v) is 4.73. The second-order valence-electron chi connectivity index (χ2n) is 7.35. The van der Waals surface area contributed by atoms with Crippen LogP contribution in [0.5, 0.6) is 5.75 Å². The van der Waals surface area contributed by atoms with Crippen LogP contribution < -0.4 is 16.6 Å². The number of hydrogen-bond donors (Lipinski definition) is 4. The number of hydrogen-bond acceptors (Lipinski definition) is 7. The number of Topliss-reactive ketones (excluding diaryl/α,β-unsaturated/α-hetero) is 1. The number of carbonyl (C=O) groups excluding carboxylic acids is 2. The van der Waals surface area contributed by atoms with Crippen LogP contribution in [-0.2, 0) is 11.2 Å². The molecule has 0 unspecified atom stereocenters. The molecule has 156 valence electrons. The molecule has 1 aliphatic carbocycles. The highest BCUT2D eigenvalue weighted by Crippen LogP contribution is 2.29. The molecule has 0 bridgehead atoms. The Morgan fingerprint density at radius 2 is 2.00 bits per heavy atom. The Labute approximate surface area is 174 Å². The molecule has 10 heteroatoms. The fraction of sp³-hybridized carbons (Fsp3) is 0.350. The highest BCUT2D eigenvalue weighted by molar-refractivity contribution is 7.18. The third kappa shape index (κ3) is 4.18. The number of rotatable bonds is 6. The third-order valence-corrected chi connectivity index (χ3v) is 6.39. The van der Waals surface area contributed by atoms with Gasteiger partial charge in [-0.1, -0.05) is 12.1 Å². The van der Waals surface area contributed by atoms with Gasteiger partial charge in [-0.3, -0.25) is 24.4 Å². The molecule has 0 radical (unpaired) electrons. The first-order valence-electron chi connectivity index (χ1n) is 9.64. The number of aromatic nitrogens is 3. The Morgan fingerprint density at radius 3 is 2.80 bits per heavy atom. The molecule has 2 atom stereocenters. The smallest absolute Gasteiger partial charge is 0.326 e. The standard InChI is InChI=1S/C20H20N4O5S/c25-13(7-8-15-22-12-3-1-2-4-14(12)30-15)10-5-6-11(9-10)21-18(27)16-17(26)19(28)24-20(29)23-16/h1-4,10-11,26H,5-9H2,(H,21,27)(H2,23,24,28,29)/t10-,11-/m1/s1. The van der Waals surface area contributed by atoms with E-state index >= 15 is 0 Å². The van der Waals surface area contributed by atoms with Gasteiger partial charge in [-0.05, 0) is 31.4 Å². The van der Waals surface area contributed by atoms with Gasteiger partial charge >= 0.3 is 5.69 Å². The summed E-state index contributed by atoms with van der Waals surface area (Å²) in [5.74, 6) is -1.60. The summed E-state index contributed by atoms with van der Waals surface area (Å²) in [5, 5.41) is 13.3. The topological polar surface area (TPSA) is 145 Å². The molecule has 1 fully saturated rings. The van der Waals surface area contributed by atoms with E-state index in [1.807, 2.05) is 29.2 Å². The first kappa shape index (κ1) is 20.0. The van der Waals surface area contributed by atoms with E-state index in [9.17, 15) is 24.3 Å². The first-order valence-corrected chi connectivity index (χ1v) is 10.5. The Morgan fingerprint density at radius 1 is 1.20 bits per heavy atom. The lowest BCUT2D eigenvalue weighted by Crippen LogP contribution is -2.36. The largest absolute Gasteiger partial charge is 0.501 e. The van der Waals surface area contributed by atoms with Crippen LogP contribution in [0.3, 0.4) is 0 Å². The maximum atomic E-state index is 12.6. The minimum Gasteiger partial charge on any atom is -0.501 e. The van der Waals surface area contributed by atoms with E-state index in [-0.39, 0.29) is 17.7 Å². The van der Waals surface area contributed by atoms with Crippen molar-refractivity contribution in [2.75, 3.05) is 0 Å². The van der Waals surface area contributed by atoms with Crippen LogP contribution in [0, 0.1) is 5.92 Å². The highest BCUT2D eigenvalue weighted by Gasteiger charge is 2.31. The molecule has 0 aliphatic heterocycles. The quantitative estimate of drug-likeness (QED) is 0.468. The van der Waals surface area contributed by atoms with Crippen LogP contribution in [-0.4, -0.2) is 37.8 Å². The summed E-state index contributed by atoms with van der Waals surface area (Å²) in [4.78, 5) is 56.2. The molecular formula is C20H20N4O5S. The molecule has 3 aromatic rings. The molecule has 4 N–H and O–H groups in total. The zero-order valence-corrected chi connectivity index (χ0v) is 16.8. The normalized spacial score (nSPS) is 18.5. The lowest BCUT2D eigenvalue weighted by molar-refractivity contribution is -0.122. The number of amides is 1. The lowest BCUT2D eigenvalue weighted by atomic mass is 9.98. The predicted octanol–water partition coefficient (Wildman–Crippen LogP) is 1.48. The van der Waals surface area contributed by atoms with Gasteiger partial charge in [0.1, 0.15) is 5.78 Å². The van der Waals surface area contributed by atoms with E-state index in [0.29, 0.717) is 32.1 Å². The molecule has 1 amide bonds. The number of benzene rings is 1. The Bertz CT molecular complexity index is 1190. The maximum Gasteiger partial charge on any atom is 0.326 e. The number of fused-ring (bicyclic) bond motifs is 1. The summed E-state index contributed by atoms with van der Waals surface area (Å²) >= 11 is 1.59. The molecule has 0 saturated heterocycles. The average Bonchev–Trinajstić information content (AvgIpc) is 3.35. The van der Waals surface area contributed by atoms with E-state index in [4.69, 9.17) is 0 Å². The van der Waals surface area contributed by atoms with Crippen molar-refractivity contribution >= 4 is 33.2 Å². The van der Waals surface area contributed by atoms with Crippen molar-refractivity contribution in [3.63, 3.8) is 0 Å². The van der Waals surface area contributed by atoms with Crippen LogP contribution in [0.15, 0.2) is 33.9 Å². The summed E-state index contributed by atoms with van der Waals surface area (Å²) in [6.07, 6.45) is 2.73. The van der Waals surface area contributed by atoms with Gasteiger partial charge in [0.25, 0.3) is 11.5 Å². The van der Waals surface area contributed by atoms with Gasteiger partial charge in [0.05, 0.1) is 15.2 Å². The van der Waals surface area contributed by atoms with Gasteiger partial charge in [0.2, 0.25) is 5.75 Å². The number of carbonyl (C=O) groups is 2. The van der Waals surface area contributed by atoms with E-state index in [1.165, 1.54) is 0 Å². The molecule has 1 aromatic carbocycles. The number of nitrogens with one attached hydrogen (secondary N) is 3. The summed E-state index contributed by atoms with van der Waals surface area (Å²) in [6, 6.07) is 7.59. The molecule has 30 heavy (non-hydrogen) atoms. The number of nitrogens with zero attached hydrogens (tertiary/aromatic N) is 1. The van der Waals surface area contributed by atoms with Crippen LogP contribution in [0.4, 0.5) is 0 Å². The van der Waals surface area contributed by atoms with Crippen molar-refractivity contribution in [2.24, 2.45) is 5.92 Å². The van der Waals surface area contributed by atoms with Crippen molar-refractivity contribution in [3.8, 4) is 5.75 Å². The van der Waals surface area contributed by atoms with E-state index in [1.54, 1.807) is 11.3 Å². The van der Waals surface area contributed by atoms with Gasteiger partial charge in [-0.25, -0.2) is 9.78 Å². The van der Waals surface area contributed by atoms with Gasteiger partial charge in [-0.15, -0.1) is 11.3 Å². The van der Waals surface area contributed by atoms with Crippen LogP contribution >= 0.6 is 11.3 Å². The number of aryl methyl sites for hydroxylation is 1. The monoisotopic (exact) mass is 428 g/mol. The molecule has 4 rings (SSSR count). The Kier molecular flexibility index (Phi) is 5.49. The second kappa shape index (κ2) is 8.23. The third-order valence-electron chi connectivity index (χ3n) is 5.29. The van der Waals surface area contributed by atoms with Gasteiger partial charge in [0.15, 0.2) is 5.69 Å². The summed E-state index contributed by atoms with van der Waals surface area (Å²) < 4.78 is 1.10. The maximum absolute atomic E-state index is 12.6. The second-order valence-corrected chi connectivity index (χ2v) is 8.47. The molecular weight excluding hydrogens is 408 g/mol. The van der Waals surface area contributed by atoms with Crippen molar-refractivity contribution in [1.82, 2.24) is 20.3 Å². The minimum absolute atomic E-state index is 0.137. The highest BCUT2D eigenvalue weighted by atomic mass is 32.1. The number of ketones is 1. The van der Waals surface area contributed by atoms with Crippen LogP contribution in [0.2, 0.25) is 0 Å². The van der Waals surface area contributed by atoms with E-state index < -0.39 is 28.6 Å². The molecule has 1 aliphatic rings. The van der Waals surface area contributed by atoms with Gasteiger partial charge in [-0.2, -0.15) is 0 Å². The molecule has 2 aromatic heterocycles. The number of aromatic hydroxyl groups is 1. The zero-order chi connectivity index (χ0) is 21.3. The number of H-pyrrole nitrogens is 2. The van der Waals surface area contributed by atoms with Crippen LogP contribution in [0.25, 0.3) is 10.2 Å². The fourth-order valence-electron chi connectivity index (χ4n) is 3.77. The zero-order valence-electron chi connectivity index (χ0n) is 15.9. The number of thiazole rings is 1. The van der Waals surface area contributed by atoms with Crippen molar-refractivity contribution < 1.29 is 14.7 Å². The lowest BCUT2D eigenvalue weighted by Gasteiger charge is -2.13. The first-order chi connectivity index (χ1) is 14.4. The van der Waals surface area contributed by atoms with Crippen molar-refractivity contribution in [1.29, 1.82) is 0 Å². The molecule has 0 spiro atoms. The predicted molar refractivity (Wildman–Crippen MR) is 111 cm³/mol. The van der Waals surface area contributed by atoms with Crippen molar-refractivity contribution in [2.45, 2.75) is 38.1 Å².